The number of nitrogens with one attached hydrogen (secondary N) is 2. The lowest BCUT2D eigenvalue weighted by Gasteiger charge is -2.34. The van der Waals surface area contributed by atoms with Crippen LogP contribution in [0.1, 0.15) is 6.92 Å². The van der Waals surface area contributed by atoms with Crippen molar-refractivity contribution < 1.29 is 22.7 Å². The summed E-state index contributed by atoms with van der Waals surface area (Å²) in [6.45, 7) is 2.27. The monoisotopic (exact) mass is 355 g/mol. The van der Waals surface area contributed by atoms with Crippen molar-refractivity contribution in [2.45, 2.75) is 23.9 Å². The first kappa shape index (κ1) is 18.4. The fraction of sp³-hybridized carbons (Fsp3) is 0.467. The first-order valence-electron chi connectivity index (χ1n) is 7.53. The van der Waals surface area contributed by atoms with E-state index in [-0.39, 0.29) is 18.0 Å². The molecule has 0 aromatic heterocycles. The van der Waals surface area contributed by atoms with Gasteiger partial charge in [0.15, 0.2) is 0 Å². The summed E-state index contributed by atoms with van der Waals surface area (Å²) in [4.78, 5) is 24.0. The van der Waals surface area contributed by atoms with Gasteiger partial charge in [0.05, 0.1) is 12.0 Å². The average molecular weight is 355 g/mol. The van der Waals surface area contributed by atoms with Gasteiger partial charge in [0.2, 0.25) is 15.9 Å². The van der Waals surface area contributed by atoms with Crippen molar-refractivity contribution in [1.82, 2.24) is 14.9 Å². The van der Waals surface area contributed by atoms with Gasteiger partial charge in [-0.3, -0.25) is 4.79 Å². The minimum atomic E-state index is -3.80. The van der Waals surface area contributed by atoms with Gasteiger partial charge in [0.1, 0.15) is 12.1 Å². The molecule has 9 heteroatoms. The number of esters is 1. The van der Waals surface area contributed by atoms with Crippen molar-refractivity contribution in [2.24, 2.45) is 0 Å². The Morgan fingerprint density at radius 1 is 1.33 bits per heavy atom. The number of hydrogen-bond donors (Lipinski definition) is 2. The van der Waals surface area contributed by atoms with Gasteiger partial charge in [-0.05, 0) is 19.1 Å². The van der Waals surface area contributed by atoms with Crippen molar-refractivity contribution in [3.05, 3.63) is 30.3 Å². The zero-order chi connectivity index (χ0) is 17.7. The summed E-state index contributed by atoms with van der Waals surface area (Å²) >= 11 is 0. The number of carbonyl (C=O) groups excluding carboxylic acids is 2. The van der Waals surface area contributed by atoms with E-state index in [2.05, 4.69) is 15.4 Å². The predicted molar refractivity (Wildman–Crippen MR) is 86.6 cm³/mol. The topological polar surface area (TPSA) is 105 Å². The van der Waals surface area contributed by atoms with Crippen LogP contribution in [0.4, 0.5) is 0 Å². The second-order valence-corrected chi connectivity index (χ2v) is 7.29. The molecule has 2 N–H and O–H groups in total. The fourth-order valence-corrected chi connectivity index (χ4v) is 4.08. The first-order chi connectivity index (χ1) is 11.4. The minimum Gasteiger partial charge on any atom is -0.467 e. The van der Waals surface area contributed by atoms with Gasteiger partial charge in [-0.25, -0.2) is 13.2 Å². The molecule has 2 rings (SSSR count). The van der Waals surface area contributed by atoms with E-state index in [0.717, 1.165) is 4.31 Å². The smallest absolute Gasteiger partial charge is 0.328 e. The highest BCUT2D eigenvalue weighted by molar-refractivity contribution is 7.89. The van der Waals surface area contributed by atoms with Crippen LogP contribution in [0, 0.1) is 0 Å². The van der Waals surface area contributed by atoms with Crippen molar-refractivity contribution in [1.29, 1.82) is 0 Å². The highest BCUT2D eigenvalue weighted by atomic mass is 32.2. The van der Waals surface area contributed by atoms with E-state index in [0.29, 0.717) is 6.54 Å². The van der Waals surface area contributed by atoms with Gasteiger partial charge in [-0.15, -0.1) is 0 Å². The molecule has 1 aromatic rings. The van der Waals surface area contributed by atoms with Crippen molar-refractivity contribution in [2.75, 3.05) is 26.7 Å². The van der Waals surface area contributed by atoms with Crippen LogP contribution in [0.25, 0.3) is 0 Å². The molecule has 1 aliphatic rings. The molecule has 24 heavy (non-hydrogen) atoms. The van der Waals surface area contributed by atoms with E-state index in [1.807, 2.05) is 0 Å². The third kappa shape index (κ3) is 3.92. The maximum atomic E-state index is 12.8. The first-order valence-corrected chi connectivity index (χ1v) is 8.97. The number of sulfonamides is 1. The quantitative estimate of drug-likeness (QED) is 0.679. The molecule has 1 aromatic carbocycles. The summed E-state index contributed by atoms with van der Waals surface area (Å²) < 4.78 is 31.3. The highest BCUT2D eigenvalue weighted by Gasteiger charge is 2.38. The third-order valence-electron chi connectivity index (χ3n) is 3.76. The number of nitrogens with zero attached hydrogens (tertiary/aromatic N) is 1. The fourth-order valence-electron chi connectivity index (χ4n) is 2.47. The molecule has 1 saturated heterocycles. The number of carbonyl (C=O) groups is 2. The van der Waals surface area contributed by atoms with Crippen LogP contribution in [0.5, 0.6) is 0 Å². The molecular formula is C15H21N3O5S. The maximum Gasteiger partial charge on any atom is 0.328 e. The van der Waals surface area contributed by atoms with E-state index >= 15 is 0 Å². The van der Waals surface area contributed by atoms with Gasteiger partial charge >= 0.3 is 5.97 Å². The Hall–Kier alpha value is -1.97. The second-order valence-electron chi connectivity index (χ2n) is 5.40. The predicted octanol–water partition coefficient (Wildman–Crippen LogP) is -0.673. The largest absolute Gasteiger partial charge is 0.467 e. The molecule has 0 radical (unpaired) electrons. The van der Waals surface area contributed by atoms with Crippen LogP contribution >= 0.6 is 0 Å². The van der Waals surface area contributed by atoms with E-state index in [1.165, 1.54) is 26.2 Å². The Labute approximate surface area is 141 Å². The van der Waals surface area contributed by atoms with Crippen LogP contribution < -0.4 is 10.6 Å². The van der Waals surface area contributed by atoms with Gasteiger partial charge in [-0.1, -0.05) is 18.2 Å². The van der Waals surface area contributed by atoms with Crippen molar-refractivity contribution >= 4 is 21.9 Å². The van der Waals surface area contributed by atoms with Crippen LogP contribution in [0.15, 0.2) is 35.2 Å². The molecule has 0 unspecified atom stereocenters. The van der Waals surface area contributed by atoms with E-state index in [1.54, 1.807) is 18.2 Å². The summed E-state index contributed by atoms with van der Waals surface area (Å²) in [7, 11) is -2.58. The zero-order valence-electron chi connectivity index (χ0n) is 13.6. The number of ether oxygens (including phenoxy) is 1. The third-order valence-corrected chi connectivity index (χ3v) is 5.68. The van der Waals surface area contributed by atoms with Crippen molar-refractivity contribution in [3.63, 3.8) is 0 Å². The Morgan fingerprint density at radius 3 is 2.62 bits per heavy atom. The van der Waals surface area contributed by atoms with E-state index in [9.17, 15) is 18.0 Å². The van der Waals surface area contributed by atoms with Crippen LogP contribution in [0.2, 0.25) is 0 Å². The van der Waals surface area contributed by atoms with Crippen LogP contribution in [0.3, 0.4) is 0 Å². The molecule has 0 bridgehead atoms. The van der Waals surface area contributed by atoms with Gasteiger partial charge in [0, 0.05) is 19.6 Å². The average Bonchev–Trinajstić information content (AvgIpc) is 2.61. The number of amides is 1. The minimum absolute atomic E-state index is 0.130. The maximum absolute atomic E-state index is 12.8. The number of benzene rings is 1. The van der Waals surface area contributed by atoms with E-state index in [4.69, 9.17) is 0 Å². The van der Waals surface area contributed by atoms with Gasteiger partial charge < -0.3 is 15.4 Å². The summed E-state index contributed by atoms with van der Waals surface area (Å²) in [5.41, 5.74) is 0. The Balaban J connectivity index is 2.22. The van der Waals surface area contributed by atoms with Gasteiger partial charge in [0.25, 0.3) is 0 Å². The lowest BCUT2D eigenvalue weighted by molar-refractivity contribution is -0.145. The number of methoxy groups -OCH3 is 1. The summed E-state index contributed by atoms with van der Waals surface area (Å²) in [6, 6.07) is 6.17. The molecule has 132 valence electrons. The zero-order valence-corrected chi connectivity index (χ0v) is 14.4. The molecular weight excluding hydrogens is 334 g/mol. The van der Waals surface area contributed by atoms with Crippen molar-refractivity contribution in [3.8, 4) is 0 Å². The highest BCUT2D eigenvalue weighted by Crippen LogP contribution is 2.19. The second kappa shape index (κ2) is 7.73. The molecule has 2 atom stereocenters. The molecule has 8 nitrogen and oxygen atoms in total. The Kier molecular flexibility index (Phi) is 5.92. The number of rotatable bonds is 5. The Bertz CT molecular complexity index is 692. The molecule has 1 amide bonds. The molecule has 1 aliphatic heterocycles. The van der Waals surface area contributed by atoms with Gasteiger partial charge in [-0.2, -0.15) is 4.31 Å². The molecule has 0 spiro atoms. The lowest BCUT2D eigenvalue weighted by atomic mass is 10.2. The SMILES string of the molecule is COC(=O)[C@@H](C)NC(=O)[C@H]1CNCCN1S(=O)(=O)c1ccccc1. The number of hydrogen-bond acceptors (Lipinski definition) is 6. The molecule has 0 aliphatic carbocycles. The molecule has 0 saturated carbocycles. The molecule has 1 heterocycles. The molecule has 1 fully saturated rings. The standard InChI is InChI=1S/C15H21N3O5S/c1-11(15(20)23-2)17-14(19)13-10-16-8-9-18(13)24(21,22)12-6-4-3-5-7-12/h3-7,11,13,16H,8-10H2,1-2H3,(H,17,19)/t11-,13-/m1/s1. The Morgan fingerprint density at radius 2 is 2.00 bits per heavy atom. The van der Waals surface area contributed by atoms with Crippen LogP contribution in [-0.2, 0) is 24.3 Å². The lowest BCUT2D eigenvalue weighted by Crippen LogP contribution is -2.60. The summed E-state index contributed by atoms with van der Waals surface area (Å²) in [6.07, 6.45) is 0. The summed E-state index contributed by atoms with van der Waals surface area (Å²) in [5.74, 6) is -1.14. The van der Waals surface area contributed by atoms with E-state index < -0.39 is 34.0 Å². The van der Waals surface area contributed by atoms with Crippen LogP contribution in [-0.4, -0.2) is 63.4 Å². The summed E-state index contributed by atoms with van der Waals surface area (Å²) in [5, 5.41) is 5.50. The number of piperazine rings is 1. The normalized spacial score (nSPS) is 20.2.